The minimum atomic E-state index is -7.31. The summed E-state index contributed by atoms with van der Waals surface area (Å²) in [6.07, 6.45) is -9.46. The largest absolute Gasteiger partial charge is 0.457 e. The third-order valence-electron chi connectivity index (χ3n) is 3.99. The molecule has 16 heteroatoms. The molecule has 0 saturated carbocycles. The standard InChI is InChI=1S/C12H11F15S/c1-5(13,9(19,20)11(23,24)7(15,16)3-4-28)8(17,18)6(2,14)10(21,22)12(25,26)27/h28H,3-4H2,1-2H3. The molecule has 0 aliphatic carbocycles. The summed E-state index contributed by atoms with van der Waals surface area (Å²) in [7, 11) is 0. The maximum absolute atomic E-state index is 14.1. The van der Waals surface area contributed by atoms with E-state index >= 15 is 0 Å². The third-order valence-corrected chi connectivity index (χ3v) is 4.22. The Kier molecular flexibility index (Phi) is 6.75. The van der Waals surface area contributed by atoms with Crippen LogP contribution in [0.3, 0.4) is 0 Å². The van der Waals surface area contributed by atoms with Crippen molar-refractivity contribution in [2.24, 2.45) is 0 Å². The molecule has 28 heavy (non-hydrogen) atoms. The summed E-state index contributed by atoms with van der Waals surface area (Å²) >= 11 is 3.00. The Labute approximate surface area is 152 Å². The maximum atomic E-state index is 14.1. The van der Waals surface area contributed by atoms with Crippen LogP contribution in [0, 0.1) is 0 Å². The molecular weight excluding hydrogens is 461 g/mol. The molecule has 0 heterocycles. The molecule has 170 valence electrons. The Morgan fingerprint density at radius 1 is 0.500 bits per heavy atom. The highest BCUT2D eigenvalue weighted by molar-refractivity contribution is 7.80. The molecule has 0 amide bonds. The predicted octanol–water partition coefficient (Wildman–Crippen LogP) is 6.50. The van der Waals surface area contributed by atoms with Gasteiger partial charge in [0.05, 0.1) is 0 Å². The van der Waals surface area contributed by atoms with Gasteiger partial charge in [0.25, 0.3) is 0 Å². The van der Waals surface area contributed by atoms with Crippen LogP contribution in [0.25, 0.3) is 0 Å². The van der Waals surface area contributed by atoms with Crippen LogP contribution in [0.4, 0.5) is 65.9 Å². The first-order valence-corrected chi connectivity index (χ1v) is 7.39. The molecule has 2 atom stereocenters. The van der Waals surface area contributed by atoms with Gasteiger partial charge >= 0.3 is 35.8 Å². The van der Waals surface area contributed by atoms with E-state index in [1.54, 1.807) is 0 Å². The molecule has 0 aromatic heterocycles. The van der Waals surface area contributed by atoms with Crippen molar-refractivity contribution in [1.82, 2.24) is 0 Å². The third kappa shape index (κ3) is 3.40. The Hall–Kier alpha value is -0.700. The summed E-state index contributed by atoms with van der Waals surface area (Å²) in [5.74, 6) is -36.1. The van der Waals surface area contributed by atoms with Gasteiger partial charge in [0.2, 0.25) is 11.3 Å². The van der Waals surface area contributed by atoms with Crippen molar-refractivity contribution < 1.29 is 65.9 Å². The highest BCUT2D eigenvalue weighted by Gasteiger charge is 2.90. The molecule has 0 spiro atoms. The fraction of sp³-hybridized carbons (Fsp3) is 1.00. The normalized spacial score (nSPS) is 19.9. The molecule has 0 aliphatic heterocycles. The SMILES string of the molecule is CC(F)(C(F)(F)C(F)(F)F)C(F)(F)C(C)(F)C(F)(F)C(F)(F)C(F)(F)CCS. The van der Waals surface area contributed by atoms with Crippen LogP contribution >= 0.6 is 12.6 Å². The van der Waals surface area contributed by atoms with E-state index in [4.69, 9.17) is 0 Å². The number of rotatable bonds is 8. The fourth-order valence-electron chi connectivity index (χ4n) is 1.92. The second-order valence-corrected chi connectivity index (χ2v) is 6.43. The zero-order valence-corrected chi connectivity index (χ0v) is 14.4. The van der Waals surface area contributed by atoms with Crippen LogP contribution in [0.1, 0.15) is 20.3 Å². The number of alkyl halides is 15. The minimum absolute atomic E-state index is 1.27. The monoisotopic (exact) mass is 472 g/mol. The van der Waals surface area contributed by atoms with Gasteiger partial charge in [-0.1, -0.05) is 0 Å². The molecule has 0 N–H and O–H groups in total. The molecular formula is C12H11F15S. The summed E-state index contributed by atoms with van der Waals surface area (Å²) in [6.45, 7) is -2.76. The average Bonchev–Trinajstić information content (AvgIpc) is 2.44. The van der Waals surface area contributed by atoms with Crippen molar-refractivity contribution in [2.45, 2.75) is 67.4 Å². The molecule has 0 radical (unpaired) electrons. The van der Waals surface area contributed by atoms with Crippen LogP contribution in [-0.4, -0.2) is 52.9 Å². The van der Waals surface area contributed by atoms with Crippen molar-refractivity contribution in [3.63, 3.8) is 0 Å². The fourth-order valence-corrected chi connectivity index (χ4v) is 2.20. The van der Waals surface area contributed by atoms with Crippen molar-refractivity contribution in [3.8, 4) is 0 Å². The molecule has 0 rings (SSSR count). The molecule has 0 bridgehead atoms. The number of hydrogen-bond donors (Lipinski definition) is 1. The second-order valence-electron chi connectivity index (χ2n) is 5.98. The lowest BCUT2D eigenvalue weighted by molar-refractivity contribution is -0.410. The van der Waals surface area contributed by atoms with Gasteiger partial charge in [-0.05, 0) is 19.6 Å². The summed E-state index contributed by atoms with van der Waals surface area (Å²) in [5, 5.41) is 0. The highest BCUT2D eigenvalue weighted by Crippen LogP contribution is 2.62. The molecule has 0 aromatic rings. The number of hydrogen-bond acceptors (Lipinski definition) is 1. The summed E-state index contributed by atoms with van der Waals surface area (Å²) in [6, 6.07) is 0. The lowest BCUT2D eigenvalue weighted by atomic mass is 9.76. The first kappa shape index (κ1) is 27.3. The van der Waals surface area contributed by atoms with Gasteiger partial charge in [-0.2, -0.15) is 69.7 Å². The maximum Gasteiger partial charge on any atom is 0.457 e. The van der Waals surface area contributed by atoms with E-state index in [9.17, 15) is 65.9 Å². The smallest absolute Gasteiger partial charge is 0.230 e. The van der Waals surface area contributed by atoms with Crippen LogP contribution in [-0.2, 0) is 0 Å². The quantitative estimate of drug-likeness (QED) is 0.303. The van der Waals surface area contributed by atoms with E-state index in [-0.39, 0.29) is 0 Å². The van der Waals surface area contributed by atoms with Crippen LogP contribution in [0.2, 0.25) is 0 Å². The first-order chi connectivity index (χ1) is 11.8. The average molecular weight is 472 g/mol. The van der Waals surface area contributed by atoms with E-state index in [0.29, 0.717) is 0 Å². The first-order valence-electron chi connectivity index (χ1n) is 6.75. The molecule has 0 nitrogen and oxygen atoms in total. The molecule has 0 fully saturated rings. The van der Waals surface area contributed by atoms with Crippen molar-refractivity contribution in [2.75, 3.05) is 5.75 Å². The van der Waals surface area contributed by atoms with Gasteiger partial charge in [-0.3, -0.25) is 0 Å². The van der Waals surface area contributed by atoms with Crippen molar-refractivity contribution >= 4 is 12.6 Å². The Morgan fingerprint density at radius 3 is 1.11 bits per heavy atom. The summed E-state index contributed by atoms with van der Waals surface area (Å²) in [4.78, 5) is 0. The lowest BCUT2D eigenvalue weighted by Gasteiger charge is -2.47. The highest BCUT2D eigenvalue weighted by atomic mass is 32.1. The van der Waals surface area contributed by atoms with E-state index in [1.807, 2.05) is 0 Å². The van der Waals surface area contributed by atoms with Gasteiger partial charge in [0.15, 0.2) is 0 Å². The number of halogens is 15. The van der Waals surface area contributed by atoms with Gasteiger partial charge < -0.3 is 0 Å². The minimum Gasteiger partial charge on any atom is -0.230 e. The topological polar surface area (TPSA) is 0 Å². The van der Waals surface area contributed by atoms with E-state index in [0.717, 1.165) is 0 Å². The Morgan fingerprint density at radius 2 is 0.821 bits per heavy atom. The zero-order valence-electron chi connectivity index (χ0n) is 13.5. The van der Waals surface area contributed by atoms with Crippen molar-refractivity contribution in [1.29, 1.82) is 0 Å². The van der Waals surface area contributed by atoms with Crippen LogP contribution < -0.4 is 0 Å². The second kappa shape index (κ2) is 6.93. The zero-order chi connectivity index (χ0) is 23.4. The van der Waals surface area contributed by atoms with Gasteiger partial charge in [0, 0.05) is 6.42 Å². The van der Waals surface area contributed by atoms with E-state index in [1.165, 1.54) is 0 Å². The van der Waals surface area contributed by atoms with Crippen LogP contribution in [0.15, 0.2) is 0 Å². The summed E-state index contributed by atoms with van der Waals surface area (Å²) < 4.78 is 199. The van der Waals surface area contributed by atoms with Crippen LogP contribution in [0.5, 0.6) is 0 Å². The molecule has 0 saturated heterocycles. The Balaban J connectivity index is 6.63. The molecule has 2 unspecified atom stereocenters. The number of thiol groups is 1. The molecule has 0 aliphatic rings. The van der Waals surface area contributed by atoms with E-state index in [2.05, 4.69) is 12.6 Å². The Bertz CT molecular complexity index is 560. The predicted molar refractivity (Wildman–Crippen MR) is 68.3 cm³/mol. The van der Waals surface area contributed by atoms with Crippen molar-refractivity contribution in [3.05, 3.63) is 0 Å². The van der Waals surface area contributed by atoms with Gasteiger partial charge in [0.1, 0.15) is 0 Å². The van der Waals surface area contributed by atoms with Gasteiger partial charge in [-0.15, -0.1) is 0 Å². The summed E-state index contributed by atoms with van der Waals surface area (Å²) in [5.41, 5.74) is -13.2. The molecule has 0 aromatic carbocycles. The van der Waals surface area contributed by atoms with E-state index < -0.39 is 73.1 Å². The lowest BCUT2D eigenvalue weighted by Crippen LogP contribution is -2.75. The van der Waals surface area contributed by atoms with Gasteiger partial charge in [-0.25, -0.2) is 8.78 Å².